The molecule has 3 rings (SSSR count). The second-order valence-electron chi connectivity index (χ2n) is 7.00. The molecule has 0 spiro atoms. The first kappa shape index (κ1) is 28.4. The molecule has 0 saturated carbocycles. The Morgan fingerprint density at radius 2 is 1.53 bits per heavy atom. The fourth-order valence-electron chi connectivity index (χ4n) is 2.90. The fourth-order valence-corrected chi connectivity index (χ4v) is 7.29. The molecule has 1 aromatic carbocycles. The molecule has 0 atom stereocenters. The summed E-state index contributed by atoms with van der Waals surface area (Å²) in [6, 6.07) is 0. The fraction of sp³-hybridized carbons (Fsp3) is 0.250. The minimum absolute atomic E-state index is 0.0882. The summed E-state index contributed by atoms with van der Waals surface area (Å²) in [7, 11) is 2.83. The van der Waals surface area contributed by atoms with E-state index in [-0.39, 0.29) is 48.0 Å². The van der Waals surface area contributed by atoms with Gasteiger partial charge in [0.25, 0.3) is 11.8 Å². The zero-order valence-corrected chi connectivity index (χ0v) is 24.9. The van der Waals surface area contributed by atoms with Crippen LogP contribution in [0.15, 0.2) is 39.8 Å². The van der Waals surface area contributed by atoms with Crippen molar-refractivity contribution in [2.45, 2.75) is 13.1 Å². The summed E-state index contributed by atoms with van der Waals surface area (Å²) in [4.78, 5) is 62.5. The molecule has 0 aliphatic carbocycles. The van der Waals surface area contributed by atoms with Crippen LogP contribution in [0.5, 0.6) is 0 Å². The highest BCUT2D eigenvalue weighted by Crippen LogP contribution is 2.36. The number of nitrogens with zero attached hydrogens (tertiary/aromatic N) is 1. The number of ether oxygens (including phenoxy) is 1. The molecule has 0 unspecified atom stereocenters. The summed E-state index contributed by atoms with van der Waals surface area (Å²) in [6.07, 6.45) is 2.17. The molecule has 16 heteroatoms. The predicted molar refractivity (Wildman–Crippen MR) is 147 cm³/mol. The number of benzene rings is 1. The Balaban J connectivity index is 2.03. The summed E-state index contributed by atoms with van der Waals surface area (Å²) < 4.78 is 24.8. The number of hydrogen-bond donors (Lipinski definition) is 2. The summed E-state index contributed by atoms with van der Waals surface area (Å²) in [5.74, 6) is -3.20. The second-order valence-corrected chi connectivity index (χ2v) is 10.2. The van der Waals surface area contributed by atoms with E-state index >= 15 is 0 Å². The number of carbonyl (C=O) groups is 3. The molecule has 13 nitrogen and oxygen atoms in total. The van der Waals surface area contributed by atoms with Crippen molar-refractivity contribution in [3.63, 3.8) is 0 Å². The number of carbonyl (C=O) groups excluding carboxylic acids is 3. The van der Waals surface area contributed by atoms with Crippen molar-refractivity contribution < 1.29 is 36.8 Å². The van der Waals surface area contributed by atoms with Gasteiger partial charge in [0.05, 0.1) is 37.0 Å². The van der Waals surface area contributed by atoms with Gasteiger partial charge in [0.15, 0.2) is 11.5 Å². The first-order valence-electron chi connectivity index (χ1n) is 9.71. The first-order valence-corrected chi connectivity index (χ1v) is 12.9. The maximum Gasteiger partial charge on any atom is 0.518 e. The van der Waals surface area contributed by atoms with Crippen molar-refractivity contribution in [1.29, 1.82) is 0 Å². The SMILES string of the molecule is COCC(=O)Nc1c(I)c(C(=O)NCc2coc(=O)o2)c(I)c(C(=O)N(C)Cc2coc(=O)o2)c1I. The average Bonchev–Trinajstić information content (AvgIpc) is 3.42. The Morgan fingerprint density at radius 3 is 2.08 bits per heavy atom. The summed E-state index contributed by atoms with van der Waals surface area (Å²) in [5.41, 5.74) is 0.490. The van der Waals surface area contributed by atoms with Gasteiger partial charge in [0.2, 0.25) is 5.91 Å². The molecule has 0 aliphatic rings. The quantitative estimate of drug-likeness (QED) is 0.305. The molecule has 3 amide bonds. The van der Waals surface area contributed by atoms with Crippen LogP contribution in [0, 0.1) is 10.7 Å². The largest absolute Gasteiger partial charge is 0.518 e. The van der Waals surface area contributed by atoms with E-state index in [0.29, 0.717) is 10.7 Å². The normalized spacial score (nSPS) is 10.8. The molecular weight excluding hydrogens is 823 g/mol. The summed E-state index contributed by atoms with van der Waals surface area (Å²) in [5, 5.41) is 5.29. The molecule has 0 radical (unpaired) electrons. The molecule has 2 N–H and O–H groups in total. The lowest BCUT2D eigenvalue weighted by atomic mass is 10.1. The van der Waals surface area contributed by atoms with E-state index in [0.717, 1.165) is 12.5 Å². The van der Waals surface area contributed by atoms with Crippen molar-refractivity contribution in [1.82, 2.24) is 10.2 Å². The maximum atomic E-state index is 13.5. The van der Waals surface area contributed by atoms with Crippen LogP contribution < -0.4 is 22.3 Å². The highest BCUT2D eigenvalue weighted by Gasteiger charge is 2.30. The molecule has 0 bridgehead atoms. The number of amides is 3. The van der Waals surface area contributed by atoms with Gasteiger partial charge in [0.1, 0.15) is 19.1 Å². The Morgan fingerprint density at radius 1 is 0.944 bits per heavy atom. The van der Waals surface area contributed by atoms with Gasteiger partial charge in [-0.25, -0.2) is 9.59 Å². The lowest BCUT2D eigenvalue weighted by molar-refractivity contribution is -0.119. The van der Waals surface area contributed by atoms with Gasteiger partial charge in [-0.1, -0.05) is 0 Å². The zero-order chi connectivity index (χ0) is 26.6. The number of nitrogens with one attached hydrogen (secondary N) is 2. The monoisotopic (exact) mass is 839 g/mol. The van der Waals surface area contributed by atoms with Gasteiger partial charge in [-0.05, 0) is 67.8 Å². The number of anilines is 1. The highest BCUT2D eigenvalue weighted by atomic mass is 127. The Bertz CT molecular complexity index is 1420. The molecule has 2 heterocycles. The average molecular weight is 839 g/mol. The number of rotatable bonds is 9. The molecule has 192 valence electrons. The van der Waals surface area contributed by atoms with Crippen molar-refractivity contribution in [2.24, 2.45) is 0 Å². The second kappa shape index (κ2) is 12.4. The van der Waals surface area contributed by atoms with Crippen LogP contribution in [0.2, 0.25) is 0 Å². The molecule has 0 aliphatic heterocycles. The van der Waals surface area contributed by atoms with E-state index < -0.39 is 29.4 Å². The maximum absolute atomic E-state index is 13.5. The summed E-state index contributed by atoms with van der Waals surface area (Å²) >= 11 is 5.69. The van der Waals surface area contributed by atoms with Crippen molar-refractivity contribution in [2.75, 3.05) is 26.1 Å². The standard InChI is InChI=1S/C20H16I3N3O10/c1-26(4-9-6-34-20(31)36-9)18(29)12-13(21)11(17(28)24-3-8-5-33-19(30)35-8)14(22)16(15(12)23)25-10(27)7-32-2/h5-6H,3-4,7H2,1-2H3,(H,24,28)(H,25,27). The van der Waals surface area contributed by atoms with Gasteiger partial charge in [-0.3, -0.25) is 14.4 Å². The van der Waals surface area contributed by atoms with E-state index in [1.807, 2.05) is 67.8 Å². The molecule has 0 saturated heterocycles. The topological polar surface area (TPSA) is 174 Å². The van der Waals surface area contributed by atoms with Crippen molar-refractivity contribution in [3.05, 3.63) is 67.1 Å². The highest BCUT2D eigenvalue weighted by molar-refractivity contribution is 14.1. The van der Waals surface area contributed by atoms with E-state index in [9.17, 15) is 24.0 Å². The van der Waals surface area contributed by atoms with Gasteiger partial charge in [-0.2, -0.15) is 0 Å². The lowest BCUT2D eigenvalue weighted by Gasteiger charge is -2.22. The Kier molecular flexibility index (Phi) is 9.74. The van der Waals surface area contributed by atoms with Crippen LogP contribution >= 0.6 is 67.8 Å². The summed E-state index contributed by atoms with van der Waals surface area (Å²) in [6.45, 7) is -0.492. The van der Waals surface area contributed by atoms with Crippen LogP contribution in [0.1, 0.15) is 32.2 Å². The van der Waals surface area contributed by atoms with E-state index in [1.165, 1.54) is 19.1 Å². The van der Waals surface area contributed by atoms with Crippen LogP contribution in [-0.4, -0.2) is 43.4 Å². The molecule has 36 heavy (non-hydrogen) atoms. The smallest absolute Gasteiger partial charge is 0.399 e. The molecule has 3 aromatic rings. The first-order chi connectivity index (χ1) is 17.0. The van der Waals surface area contributed by atoms with E-state index in [4.69, 9.17) is 13.6 Å². The molecule has 2 aromatic heterocycles. The van der Waals surface area contributed by atoms with Crippen LogP contribution in [0.25, 0.3) is 0 Å². The number of halogens is 3. The van der Waals surface area contributed by atoms with Gasteiger partial charge < -0.3 is 37.9 Å². The molecule has 0 fully saturated rings. The number of methoxy groups -OCH3 is 1. The third-order valence-electron chi connectivity index (χ3n) is 4.46. The third-order valence-corrected chi connectivity index (χ3v) is 7.70. The van der Waals surface area contributed by atoms with Crippen molar-refractivity contribution >= 4 is 91.2 Å². The van der Waals surface area contributed by atoms with Gasteiger partial charge in [-0.15, -0.1) is 0 Å². The van der Waals surface area contributed by atoms with Gasteiger partial charge in [0, 0.05) is 17.7 Å². The zero-order valence-electron chi connectivity index (χ0n) is 18.4. The van der Waals surface area contributed by atoms with Crippen LogP contribution in [0.4, 0.5) is 5.69 Å². The number of hydrogen-bond acceptors (Lipinski definition) is 10. The minimum atomic E-state index is -0.912. The Hall–Kier alpha value is -2.20. The van der Waals surface area contributed by atoms with Crippen molar-refractivity contribution in [3.8, 4) is 0 Å². The lowest BCUT2D eigenvalue weighted by Crippen LogP contribution is -2.31. The van der Waals surface area contributed by atoms with Crippen LogP contribution in [-0.2, 0) is 22.6 Å². The Labute approximate surface area is 242 Å². The van der Waals surface area contributed by atoms with E-state index in [2.05, 4.69) is 19.5 Å². The van der Waals surface area contributed by atoms with Gasteiger partial charge >= 0.3 is 11.6 Å². The van der Waals surface area contributed by atoms with E-state index in [1.54, 1.807) is 0 Å². The van der Waals surface area contributed by atoms with Crippen LogP contribution in [0.3, 0.4) is 0 Å². The minimum Gasteiger partial charge on any atom is -0.399 e. The molecular formula is C20H16I3N3O10. The predicted octanol–water partition coefficient (Wildman–Crippen LogP) is 2.38. The third kappa shape index (κ3) is 6.56.